The molecule has 2 N–H and O–H groups in total. The van der Waals surface area contributed by atoms with Crippen molar-refractivity contribution in [3.63, 3.8) is 0 Å². The molecule has 166 valence electrons. The molecule has 7 nitrogen and oxygen atoms in total. The van der Waals surface area contributed by atoms with Gasteiger partial charge in [-0.3, -0.25) is 14.7 Å². The van der Waals surface area contributed by atoms with Gasteiger partial charge in [-0.1, -0.05) is 35.9 Å². The second-order valence-electron chi connectivity index (χ2n) is 8.55. The van der Waals surface area contributed by atoms with E-state index < -0.39 is 23.8 Å². The highest BCUT2D eigenvalue weighted by Crippen LogP contribution is 2.28. The summed E-state index contributed by atoms with van der Waals surface area (Å²) in [7, 11) is 0. The summed E-state index contributed by atoms with van der Waals surface area (Å²) in [6, 6.07) is 8.08. The maximum atomic E-state index is 12.9. The van der Waals surface area contributed by atoms with Crippen molar-refractivity contribution in [2.24, 2.45) is 0 Å². The number of halogens is 1. The van der Waals surface area contributed by atoms with E-state index in [2.05, 4.69) is 10.3 Å². The summed E-state index contributed by atoms with van der Waals surface area (Å²) in [5, 5.41) is 13.3. The van der Waals surface area contributed by atoms with Gasteiger partial charge in [0.2, 0.25) is 5.91 Å². The van der Waals surface area contributed by atoms with Crippen LogP contribution in [0, 0.1) is 0 Å². The summed E-state index contributed by atoms with van der Waals surface area (Å²) in [5.41, 5.74) is 1.89. The summed E-state index contributed by atoms with van der Waals surface area (Å²) in [5.74, 6) is -0.302. The van der Waals surface area contributed by atoms with E-state index in [1.165, 1.54) is 4.90 Å². The van der Waals surface area contributed by atoms with E-state index in [4.69, 9.17) is 16.3 Å². The Kier molecular flexibility index (Phi) is 7.18. The second kappa shape index (κ2) is 9.66. The molecule has 31 heavy (non-hydrogen) atoms. The van der Waals surface area contributed by atoms with Crippen LogP contribution in [-0.4, -0.2) is 51.8 Å². The van der Waals surface area contributed by atoms with Crippen LogP contribution in [0.1, 0.15) is 45.2 Å². The Morgan fingerprint density at radius 3 is 2.61 bits per heavy atom. The molecule has 1 aromatic carbocycles. The zero-order valence-corrected chi connectivity index (χ0v) is 18.7. The highest BCUT2D eigenvalue weighted by molar-refractivity contribution is 6.33. The number of benzene rings is 1. The number of carbonyl (C=O) groups excluding carboxylic acids is 2. The van der Waals surface area contributed by atoms with E-state index in [0.29, 0.717) is 18.0 Å². The van der Waals surface area contributed by atoms with Gasteiger partial charge in [0.25, 0.3) is 0 Å². The first-order valence-electron chi connectivity index (χ1n) is 10.3. The van der Waals surface area contributed by atoms with Crippen molar-refractivity contribution >= 4 is 23.6 Å². The van der Waals surface area contributed by atoms with Crippen molar-refractivity contribution in [1.29, 1.82) is 0 Å². The van der Waals surface area contributed by atoms with Crippen molar-refractivity contribution in [3.05, 3.63) is 53.3 Å². The van der Waals surface area contributed by atoms with Crippen molar-refractivity contribution in [2.45, 2.75) is 51.3 Å². The van der Waals surface area contributed by atoms with Gasteiger partial charge >= 0.3 is 6.09 Å². The van der Waals surface area contributed by atoms with E-state index in [-0.39, 0.29) is 12.5 Å². The van der Waals surface area contributed by atoms with Crippen LogP contribution in [0.15, 0.2) is 42.7 Å². The predicted molar refractivity (Wildman–Crippen MR) is 119 cm³/mol. The number of aliphatic hydroxyl groups is 1. The number of hydrogen-bond donors (Lipinski definition) is 2. The Labute approximate surface area is 187 Å². The number of hydrogen-bond acceptors (Lipinski definition) is 5. The lowest BCUT2D eigenvalue weighted by atomic mass is 10.0. The van der Waals surface area contributed by atoms with Gasteiger partial charge in [0.1, 0.15) is 11.6 Å². The molecule has 1 aromatic heterocycles. The van der Waals surface area contributed by atoms with Crippen LogP contribution < -0.4 is 5.32 Å². The van der Waals surface area contributed by atoms with Crippen LogP contribution in [0.3, 0.4) is 0 Å². The number of likely N-dealkylation sites (tertiary alicyclic amines) is 1. The lowest BCUT2D eigenvalue weighted by Gasteiger charge is -2.29. The normalized spacial score (nSPS) is 17.3. The topological polar surface area (TPSA) is 91.8 Å². The Morgan fingerprint density at radius 1 is 1.29 bits per heavy atom. The largest absolute Gasteiger partial charge is 0.444 e. The number of pyridine rings is 1. The molecule has 2 amide bonds. The van der Waals surface area contributed by atoms with Crippen LogP contribution in [0.2, 0.25) is 5.02 Å². The minimum absolute atomic E-state index is 0.264. The lowest BCUT2D eigenvalue weighted by Crippen LogP contribution is -2.48. The molecule has 1 saturated heterocycles. The van der Waals surface area contributed by atoms with Crippen molar-refractivity contribution in [1.82, 2.24) is 15.2 Å². The van der Waals surface area contributed by atoms with Gasteiger partial charge in [-0.25, -0.2) is 4.79 Å². The maximum absolute atomic E-state index is 12.9. The maximum Gasteiger partial charge on any atom is 0.410 e. The monoisotopic (exact) mass is 445 g/mol. The fraction of sp³-hybridized carbons (Fsp3) is 0.435. The molecule has 2 aromatic rings. The van der Waals surface area contributed by atoms with E-state index in [9.17, 15) is 14.7 Å². The van der Waals surface area contributed by atoms with E-state index >= 15 is 0 Å². The first kappa shape index (κ1) is 23.0. The smallest absolute Gasteiger partial charge is 0.410 e. The molecule has 1 aliphatic rings. The number of ether oxygens (including phenoxy) is 1. The third-order valence-corrected chi connectivity index (χ3v) is 5.38. The number of amides is 2. The number of nitrogens with zero attached hydrogens (tertiary/aromatic N) is 2. The summed E-state index contributed by atoms with van der Waals surface area (Å²) < 4.78 is 5.43. The molecule has 0 saturated carbocycles. The molecule has 0 spiro atoms. The van der Waals surface area contributed by atoms with Gasteiger partial charge in [0.05, 0.1) is 17.7 Å². The van der Waals surface area contributed by atoms with E-state index in [1.54, 1.807) is 33.2 Å². The standard InChI is InChI=1S/C23H28ClN3O4/c1-23(2,3)31-22(30)27-12-4-5-20(27)21(29)26-19(14-28)16-8-6-15(7-9-16)17-10-11-25-13-18(17)24/h6-11,13,19-20,28H,4-5,12,14H2,1-3H3,(H,26,29)/t19-,20-/m0/s1. The number of nitrogens with one attached hydrogen (secondary N) is 1. The molecule has 2 heterocycles. The third-order valence-electron chi connectivity index (χ3n) is 5.08. The first-order valence-corrected chi connectivity index (χ1v) is 10.7. The van der Waals surface area contributed by atoms with Gasteiger partial charge in [-0.05, 0) is 50.8 Å². The predicted octanol–water partition coefficient (Wildman–Crippen LogP) is 3.95. The molecule has 8 heteroatoms. The molecular formula is C23H28ClN3O4. The summed E-state index contributed by atoms with van der Waals surface area (Å²) in [6.07, 6.45) is 4.04. The molecule has 0 bridgehead atoms. The van der Waals surface area contributed by atoms with Gasteiger partial charge in [-0.15, -0.1) is 0 Å². The van der Waals surface area contributed by atoms with Crippen LogP contribution in [-0.2, 0) is 9.53 Å². The number of aromatic nitrogens is 1. The minimum Gasteiger partial charge on any atom is -0.444 e. The average Bonchev–Trinajstić information content (AvgIpc) is 3.22. The SMILES string of the molecule is CC(C)(C)OC(=O)N1CCC[C@H]1C(=O)N[C@@H](CO)c1ccc(-c2ccncc2Cl)cc1. The summed E-state index contributed by atoms with van der Waals surface area (Å²) in [6.45, 7) is 5.58. The molecule has 0 aliphatic carbocycles. The molecule has 1 fully saturated rings. The summed E-state index contributed by atoms with van der Waals surface area (Å²) in [4.78, 5) is 30.8. The zero-order valence-electron chi connectivity index (χ0n) is 18.0. The Bertz CT molecular complexity index is 927. The van der Waals surface area contributed by atoms with Gasteiger partial charge in [-0.2, -0.15) is 0 Å². The lowest BCUT2D eigenvalue weighted by molar-refractivity contribution is -0.126. The van der Waals surface area contributed by atoms with E-state index in [1.807, 2.05) is 30.3 Å². The number of rotatable bonds is 5. The molecule has 1 aliphatic heterocycles. The third kappa shape index (κ3) is 5.74. The van der Waals surface area contributed by atoms with Gasteiger partial charge in [0.15, 0.2) is 0 Å². The number of carbonyl (C=O) groups is 2. The van der Waals surface area contributed by atoms with Crippen molar-refractivity contribution in [2.75, 3.05) is 13.2 Å². The Balaban J connectivity index is 1.69. The van der Waals surface area contributed by atoms with Crippen LogP contribution >= 0.6 is 11.6 Å². The highest BCUT2D eigenvalue weighted by atomic mass is 35.5. The van der Waals surface area contributed by atoms with Crippen molar-refractivity contribution < 1.29 is 19.4 Å². The van der Waals surface area contributed by atoms with Crippen molar-refractivity contribution in [3.8, 4) is 11.1 Å². The number of aliphatic hydroxyl groups excluding tert-OH is 1. The molecule has 2 atom stereocenters. The van der Waals surface area contributed by atoms with Crippen LogP contribution in [0.25, 0.3) is 11.1 Å². The van der Waals surface area contributed by atoms with Gasteiger partial charge < -0.3 is 15.2 Å². The minimum atomic E-state index is -0.631. The first-order chi connectivity index (χ1) is 14.7. The van der Waals surface area contributed by atoms with Crippen LogP contribution in [0.5, 0.6) is 0 Å². The van der Waals surface area contributed by atoms with Crippen LogP contribution in [0.4, 0.5) is 4.79 Å². The molecular weight excluding hydrogens is 418 g/mol. The summed E-state index contributed by atoms with van der Waals surface area (Å²) >= 11 is 6.21. The fourth-order valence-corrected chi connectivity index (χ4v) is 3.81. The van der Waals surface area contributed by atoms with E-state index in [0.717, 1.165) is 23.1 Å². The Hall–Kier alpha value is -2.64. The molecule has 0 radical (unpaired) electrons. The molecule has 3 rings (SSSR count). The quantitative estimate of drug-likeness (QED) is 0.727. The van der Waals surface area contributed by atoms with Gasteiger partial charge in [0, 0.05) is 24.5 Å². The molecule has 0 unspecified atom stereocenters. The fourth-order valence-electron chi connectivity index (χ4n) is 3.58. The average molecular weight is 446 g/mol. The second-order valence-corrected chi connectivity index (χ2v) is 8.96. The highest BCUT2D eigenvalue weighted by Gasteiger charge is 2.37. The zero-order chi connectivity index (χ0) is 22.6. The Morgan fingerprint density at radius 2 is 2.00 bits per heavy atom.